The lowest BCUT2D eigenvalue weighted by Crippen LogP contribution is -2.24. The lowest BCUT2D eigenvalue weighted by atomic mass is 10.1. The highest BCUT2D eigenvalue weighted by Gasteiger charge is 2.07. The average molecular weight is 207 g/mol. The van der Waals surface area contributed by atoms with Crippen LogP contribution < -0.4 is 5.32 Å². The fraction of sp³-hybridized carbons (Fsp3) is 0.250. The number of nitrogens with one attached hydrogen (secondary N) is 1. The van der Waals surface area contributed by atoms with Crippen molar-refractivity contribution < 1.29 is 9.18 Å². The van der Waals surface area contributed by atoms with Crippen LogP contribution in [0.1, 0.15) is 25.5 Å². The van der Waals surface area contributed by atoms with Crippen molar-refractivity contribution in [1.29, 1.82) is 0 Å². The van der Waals surface area contributed by atoms with Gasteiger partial charge in [0.25, 0.3) is 0 Å². The van der Waals surface area contributed by atoms with E-state index in [1.54, 1.807) is 25.1 Å². The molecule has 0 heterocycles. The molecule has 0 unspecified atom stereocenters. The molecule has 0 saturated heterocycles. The van der Waals surface area contributed by atoms with E-state index in [0.29, 0.717) is 0 Å². The molecule has 1 rings (SSSR count). The number of carbonyl (C=O) groups excluding carboxylic acids is 1. The molecule has 0 aromatic heterocycles. The third-order valence-electron chi connectivity index (χ3n) is 2.03. The maximum Gasteiger partial charge on any atom is 0.244 e. The Bertz CT molecular complexity index is 374. The first kappa shape index (κ1) is 11.4. The van der Waals surface area contributed by atoms with Gasteiger partial charge in [-0.15, -0.1) is 0 Å². The molecule has 0 aliphatic carbocycles. The molecular formula is C12H14FNO. The van der Waals surface area contributed by atoms with E-state index in [9.17, 15) is 9.18 Å². The molecule has 80 valence electrons. The maximum absolute atomic E-state index is 12.9. The Kier molecular flexibility index (Phi) is 4.03. The van der Waals surface area contributed by atoms with Gasteiger partial charge in [-0.1, -0.05) is 18.2 Å². The van der Waals surface area contributed by atoms with E-state index < -0.39 is 0 Å². The lowest BCUT2D eigenvalue weighted by Gasteiger charge is -2.12. The molecule has 0 fully saturated rings. The van der Waals surface area contributed by atoms with Gasteiger partial charge < -0.3 is 5.32 Å². The smallest absolute Gasteiger partial charge is 0.244 e. The van der Waals surface area contributed by atoms with E-state index in [2.05, 4.69) is 5.32 Å². The Balaban J connectivity index is 2.68. The van der Waals surface area contributed by atoms with Crippen LogP contribution in [0.3, 0.4) is 0 Å². The van der Waals surface area contributed by atoms with Gasteiger partial charge in [-0.3, -0.25) is 4.79 Å². The highest BCUT2D eigenvalue weighted by Crippen LogP contribution is 2.13. The molecule has 1 aromatic rings. The first-order valence-electron chi connectivity index (χ1n) is 4.82. The van der Waals surface area contributed by atoms with Gasteiger partial charge >= 0.3 is 0 Å². The van der Waals surface area contributed by atoms with E-state index in [4.69, 9.17) is 0 Å². The lowest BCUT2D eigenvalue weighted by molar-refractivity contribution is -0.117. The van der Waals surface area contributed by atoms with E-state index in [1.807, 2.05) is 6.92 Å². The Labute approximate surface area is 88.8 Å². The van der Waals surface area contributed by atoms with Gasteiger partial charge in [0.1, 0.15) is 5.82 Å². The van der Waals surface area contributed by atoms with Crippen LogP contribution >= 0.6 is 0 Å². The second kappa shape index (κ2) is 5.29. The molecule has 1 aromatic carbocycles. The maximum atomic E-state index is 12.9. The summed E-state index contributed by atoms with van der Waals surface area (Å²) in [7, 11) is 0. The second-order valence-corrected chi connectivity index (χ2v) is 3.29. The zero-order valence-corrected chi connectivity index (χ0v) is 8.83. The van der Waals surface area contributed by atoms with Crippen LogP contribution in [-0.2, 0) is 4.79 Å². The predicted molar refractivity (Wildman–Crippen MR) is 57.8 cm³/mol. The molecule has 1 amide bonds. The first-order valence-corrected chi connectivity index (χ1v) is 4.82. The number of carbonyl (C=O) groups is 1. The molecule has 0 bridgehead atoms. The fourth-order valence-corrected chi connectivity index (χ4v) is 1.27. The second-order valence-electron chi connectivity index (χ2n) is 3.29. The molecule has 1 N–H and O–H groups in total. The summed E-state index contributed by atoms with van der Waals surface area (Å²) in [5.74, 6) is -0.464. The normalized spacial score (nSPS) is 12.7. The molecule has 0 aliphatic heterocycles. The zero-order valence-electron chi connectivity index (χ0n) is 8.83. The molecule has 1 atom stereocenters. The fourth-order valence-electron chi connectivity index (χ4n) is 1.27. The van der Waals surface area contributed by atoms with Gasteiger partial charge in [-0.25, -0.2) is 4.39 Å². The van der Waals surface area contributed by atoms with Crippen molar-refractivity contribution in [2.24, 2.45) is 0 Å². The van der Waals surface area contributed by atoms with Crippen molar-refractivity contribution in [2.75, 3.05) is 0 Å². The summed E-state index contributed by atoms with van der Waals surface area (Å²) < 4.78 is 12.9. The van der Waals surface area contributed by atoms with Crippen molar-refractivity contribution in [3.8, 4) is 0 Å². The predicted octanol–water partition coefficient (Wildman–Crippen LogP) is 2.58. The third-order valence-corrected chi connectivity index (χ3v) is 2.03. The van der Waals surface area contributed by atoms with Gasteiger partial charge in [0, 0.05) is 0 Å². The molecule has 0 saturated carbocycles. The Morgan fingerprint density at radius 1 is 1.53 bits per heavy atom. The Morgan fingerprint density at radius 2 is 2.27 bits per heavy atom. The molecular weight excluding hydrogens is 193 g/mol. The summed E-state index contributed by atoms with van der Waals surface area (Å²) in [5.41, 5.74) is 0.757. The van der Waals surface area contributed by atoms with Crippen LogP contribution in [0.15, 0.2) is 36.4 Å². The summed E-state index contributed by atoms with van der Waals surface area (Å²) in [4.78, 5) is 11.2. The highest BCUT2D eigenvalue weighted by atomic mass is 19.1. The van der Waals surface area contributed by atoms with Crippen LogP contribution in [0.5, 0.6) is 0 Å². The van der Waals surface area contributed by atoms with E-state index >= 15 is 0 Å². The topological polar surface area (TPSA) is 29.1 Å². The van der Waals surface area contributed by atoms with Crippen molar-refractivity contribution in [2.45, 2.75) is 19.9 Å². The minimum Gasteiger partial charge on any atom is -0.346 e. The minimum absolute atomic E-state index is 0.172. The van der Waals surface area contributed by atoms with Crippen molar-refractivity contribution in [3.63, 3.8) is 0 Å². The van der Waals surface area contributed by atoms with Crippen LogP contribution in [-0.4, -0.2) is 5.91 Å². The number of hydrogen-bond acceptors (Lipinski definition) is 1. The van der Waals surface area contributed by atoms with Gasteiger partial charge in [0.2, 0.25) is 5.91 Å². The minimum atomic E-state index is -0.292. The van der Waals surface area contributed by atoms with Gasteiger partial charge in [0.15, 0.2) is 0 Å². The number of hydrogen-bond donors (Lipinski definition) is 1. The third kappa shape index (κ3) is 3.54. The van der Waals surface area contributed by atoms with E-state index in [0.717, 1.165) is 5.56 Å². The van der Waals surface area contributed by atoms with Crippen LogP contribution in [0.2, 0.25) is 0 Å². The monoisotopic (exact) mass is 207 g/mol. The largest absolute Gasteiger partial charge is 0.346 e. The summed E-state index contributed by atoms with van der Waals surface area (Å²) in [5, 5.41) is 2.73. The van der Waals surface area contributed by atoms with Crippen LogP contribution in [0.4, 0.5) is 4.39 Å². The highest BCUT2D eigenvalue weighted by molar-refractivity contribution is 5.87. The number of benzene rings is 1. The number of amides is 1. The summed E-state index contributed by atoms with van der Waals surface area (Å²) in [6.07, 6.45) is 3.10. The van der Waals surface area contributed by atoms with Gasteiger partial charge in [-0.2, -0.15) is 0 Å². The standard InChI is InChI=1S/C12H14FNO/c1-3-5-12(15)14-9(2)10-6-4-7-11(13)8-10/h3-9H,1-2H3,(H,14,15)/b5-3+/t9-/m1/s1. The Morgan fingerprint density at radius 3 is 2.87 bits per heavy atom. The molecule has 0 radical (unpaired) electrons. The molecule has 0 aliphatic rings. The summed E-state index contributed by atoms with van der Waals surface area (Å²) in [6.45, 7) is 3.59. The van der Waals surface area contributed by atoms with E-state index in [1.165, 1.54) is 18.2 Å². The zero-order chi connectivity index (χ0) is 11.3. The van der Waals surface area contributed by atoms with Crippen molar-refractivity contribution in [1.82, 2.24) is 5.32 Å². The van der Waals surface area contributed by atoms with Crippen molar-refractivity contribution >= 4 is 5.91 Å². The van der Waals surface area contributed by atoms with Crippen molar-refractivity contribution in [3.05, 3.63) is 47.8 Å². The van der Waals surface area contributed by atoms with Gasteiger partial charge in [0.05, 0.1) is 6.04 Å². The SMILES string of the molecule is C/C=C/C(=O)N[C@H](C)c1cccc(F)c1. The molecule has 0 spiro atoms. The number of halogens is 1. The van der Waals surface area contributed by atoms with Gasteiger partial charge in [-0.05, 0) is 37.6 Å². The molecule has 15 heavy (non-hydrogen) atoms. The van der Waals surface area contributed by atoms with Crippen LogP contribution in [0, 0.1) is 5.82 Å². The average Bonchev–Trinajstić information content (AvgIpc) is 2.18. The van der Waals surface area contributed by atoms with E-state index in [-0.39, 0.29) is 17.8 Å². The summed E-state index contributed by atoms with van der Waals surface area (Å²) >= 11 is 0. The number of allylic oxidation sites excluding steroid dienone is 1. The quantitative estimate of drug-likeness (QED) is 0.758. The molecule has 3 heteroatoms. The summed E-state index contributed by atoms with van der Waals surface area (Å²) in [6, 6.07) is 6.02. The number of rotatable bonds is 3. The first-order chi connectivity index (χ1) is 7.13. The van der Waals surface area contributed by atoms with Crippen LogP contribution in [0.25, 0.3) is 0 Å². The molecule has 2 nitrogen and oxygen atoms in total. The Hall–Kier alpha value is -1.64.